The van der Waals surface area contributed by atoms with Gasteiger partial charge in [0.2, 0.25) is 0 Å². The summed E-state index contributed by atoms with van der Waals surface area (Å²) in [6.07, 6.45) is 1.67. The summed E-state index contributed by atoms with van der Waals surface area (Å²) in [7, 11) is 0. The Bertz CT molecular complexity index is 891. The Morgan fingerprint density at radius 1 is 1.14 bits per heavy atom. The maximum absolute atomic E-state index is 13.0. The van der Waals surface area contributed by atoms with E-state index in [4.69, 9.17) is 4.74 Å². The molecule has 1 atom stereocenters. The molecule has 1 heterocycles. The molecule has 0 saturated carbocycles. The van der Waals surface area contributed by atoms with Crippen molar-refractivity contribution in [2.24, 2.45) is 5.92 Å². The first-order valence-corrected chi connectivity index (χ1v) is 10.3. The zero-order chi connectivity index (χ0) is 21.0. The Labute approximate surface area is 173 Å². The molecule has 0 bridgehead atoms. The van der Waals surface area contributed by atoms with E-state index >= 15 is 0 Å². The number of benzene rings is 2. The highest BCUT2D eigenvalue weighted by molar-refractivity contribution is 5.99. The number of nitrogens with one attached hydrogen (secondary N) is 1. The summed E-state index contributed by atoms with van der Waals surface area (Å²) < 4.78 is 5.71. The Hall–Kier alpha value is -2.82. The second-order valence-electron chi connectivity index (χ2n) is 8.09. The van der Waals surface area contributed by atoms with Gasteiger partial charge in [0.15, 0.2) is 5.78 Å². The van der Waals surface area contributed by atoms with E-state index in [0.717, 1.165) is 29.7 Å². The van der Waals surface area contributed by atoms with Gasteiger partial charge in [0.25, 0.3) is 0 Å². The van der Waals surface area contributed by atoms with Crippen LogP contribution in [0.3, 0.4) is 0 Å². The molecule has 5 heteroatoms. The first-order chi connectivity index (χ1) is 13.8. The molecule has 0 aliphatic carbocycles. The number of anilines is 1. The van der Waals surface area contributed by atoms with E-state index in [1.807, 2.05) is 64.1 Å². The average molecular weight is 395 g/mol. The number of carbonyl (C=O) groups excluding carboxylic acids is 2. The van der Waals surface area contributed by atoms with E-state index in [1.165, 1.54) is 0 Å². The van der Waals surface area contributed by atoms with Crippen molar-refractivity contribution in [2.75, 3.05) is 18.4 Å². The molecule has 1 aliphatic rings. The smallest absolute Gasteiger partial charge is 0.321 e. The molecule has 29 heavy (non-hydrogen) atoms. The minimum atomic E-state index is -0.192. The summed E-state index contributed by atoms with van der Waals surface area (Å²) >= 11 is 0. The van der Waals surface area contributed by atoms with E-state index in [9.17, 15) is 9.59 Å². The number of hydrogen-bond acceptors (Lipinski definition) is 3. The molecule has 0 aromatic heterocycles. The van der Waals surface area contributed by atoms with Gasteiger partial charge in [-0.25, -0.2) is 4.79 Å². The van der Waals surface area contributed by atoms with Crippen molar-refractivity contribution >= 4 is 17.5 Å². The van der Waals surface area contributed by atoms with Crippen LogP contribution in [0.5, 0.6) is 5.75 Å². The number of hydrogen-bond donors (Lipinski definition) is 1. The lowest BCUT2D eigenvalue weighted by Crippen LogP contribution is -2.44. The first kappa shape index (κ1) is 20.9. The second kappa shape index (κ2) is 9.12. The molecular formula is C24H30N2O3. The molecule has 2 amide bonds. The van der Waals surface area contributed by atoms with Crippen LogP contribution in [-0.2, 0) is 0 Å². The van der Waals surface area contributed by atoms with Gasteiger partial charge in [0.1, 0.15) is 5.75 Å². The molecule has 1 unspecified atom stereocenters. The zero-order valence-electron chi connectivity index (χ0n) is 17.7. The third-order valence-corrected chi connectivity index (χ3v) is 5.20. The van der Waals surface area contributed by atoms with Crippen LogP contribution in [0.2, 0.25) is 0 Å². The highest BCUT2D eigenvalue weighted by atomic mass is 16.5. The predicted octanol–water partition coefficient (Wildman–Crippen LogP) is 5.22. The average Bonchev–Trinajstić information content (AvgIpc) is 2.70. The SMILES string of the molecule is Cc1ccc(C)c(NC(=O)N2CCCC(C(=O)c3cccc(OC(C)C)c3)C2)c1. The van der Waals surface area contributed by atoms with Gasteiger partial charge in [-0.3, -0.25) is 4.79 Å². The van der Waals surface area contributed by atoms with Gasteiger partial charge in [-0.1, -0.05) is 24.3 Å². The number of piperidine rings is 1. The summed E-state index contributed by atoms with van der Waals surface area (Å²) in [6, 6.07) is 13.2. The van der Waals surface area contributed by atoms with Gasteiger partial charge < -0.3 is 15.0 Å². The summed E-state index contributed by atoms with van der Waals surface area (Å²) in [4.78, 5) is 27.6. The Morgan fingerprint density at radius 2 is 1.93 bits per heavy atom. The topological polar surface area (TPSA) is 58.6 Å². The van der Waals surface area contributed by atoms with E-state index < -0.39 is 0 Å². The van der Waals surface area contributed by atoms with Gasteiger partial charge in [-0.15, -0.1) is 0 Å². The third kappa shape index (κ3) is 5.37. The Morgan fingerprint density at radius 3 is 2.69 bits per heavy atom. The van der Waals surface area contributed by atoms with Crippen molar-refractivity contribution in [1.82, 2.24) is 4.90 Å². The van der Waals surface area contributed by atoms with Crippen LogP contribution in [0, 0.1) is 19.8 Å². The normalized spacial score (nSPS) is 16.6. The van der Waals surface area contributed by atoms with Crippen LogP contribution in [0.15, 0.2) is 42.5 Å². The molecule has 2 aromatic rings. The van der Waals surface area contributed by atoms with Gasteiger partial charge in [-0.2, -0.15) is 0 Å². The van der Waals surface area contributed by atoms with E-state index in [-0.39, 0.29) is 23.8 Å². The summed E-state index contributed by atoms with van der Waals surface area (Å²) in [5.41, 5.74) is 3.59. The number of nitrogens with zero attached hydrogens (tertiary/aromatic N) is 1. The minimum absolute atomic E-state index is 0.0549. The van der Waals surface area contributed by atoms with Crippen molar-refractivity contribution < 1.29 is 14.3 Å². The molecule has 2 aromatic carbocycles. The van der Waals surface area contributed by atoms with Gasteiger partial charge in [0.05, 0.1) is 6.10 Å². The van der Waals surface area contributed by atoms with Gasteiger partial charge >= 0.3 is 6.03 Å². The van der Waals surface area contributed by atoms with Gasteiger partial charge in [0, 0.05) is 30.3 Å². The van der Waals surface area contributed by atoms with Crippen molar-refractivity contribution in [2.45, 2.75) is 46.6 Å². The summed E-state index contributed by atoms with van der Waals surface area (Å²) in [5.74, 6) is 0.581. The van der Waals surface area contributed by atoms with E-state index in [1.54, 1.807) is 11.0 Å². The van der Waals surface area contributed by atoms with E-state index in [2.05, 4.69) is 5.32 Å². The predicted molar refractivity (Wildman–Crippen MR) is 116 cm³/mol. The monoisotopic (exact) mass is 394 g/mol. The van der Waals surface area contributed by atoms with Crippen molar-refractivity contribution in [3.05, 3.63) is 59.2 Å². The third-order valence-electron chi connectivity index (χ3n) is 5.20. The van der Waals surface area contributed by atoms with Gasteiger partial charge in [-0.05, 0) is 69.9 Å². The lowest BCUT2D eigenvalue weighted by atomic mass is 9.90. The molecule has 5 nitrogen and oxygen atoms in total. The Kier molecular flexibility index (Phi) is 6.57. The fourth-order valence-electron chi connectivity index (χ4n) is 3.67. The number of ether oxygens (including phenoxy) is 1. The van der Waals surface area contributed by atoms with Crippen LogP contribution >= 0.6 is 0 Å². The first-order valence-electron chi connectivity index (χ1n) is 10.3. The van der Waals surface area contributed by atoms with Crippen molar-refractivity contribution in [3.63, 3.8) is 0 Å². The Balaban J connectivity index is 1.67. The minimum Gasteiger partial charge on any atom is -0.491 e. The fourth-order valence-corrected chi connectivity index (χ4v) is 3.67. The molecule has 1 N–H and O–H groups in total. The standard InChI is InChI=1S/C24H30N2O3/c1-16(2)29-21-9-5-7-19(14-21)23(27)20-8-6-12-26(15-20)24(28)25-22-13-17(3)10-11-18(22)4/h5,7,9-11,13-14,16,20H,6,8,12,15H2,1-4H3,(H,25,28). The number of Topliss-reactive ketones (excluding diaryl/α,β-unsaturated/α-hetero) is 1. The number of rotatable bonds is 5. The second-order valence-corrected chi connectivity index (χ2v) is 8.09. The number of carbonyl (C=O) groups is 2. The quantitative estimate of drug-likeness (QED) is 0.708. The largest absolute Gasteiger partial charge is 0.491 e. The fraction of sp³-hybridized carbons (Fsp3) is 0.417. The number of aryl methyl sites for hydroxylation is 2. The van der Waals surface area contributed by atoms with Crippen LogP contribution in [0.1, 0.15) is 48.2 Å². The van der Waals surface area contributed by atoms with Crippen LogP contribution in [0.25, 0.3) is 0 Å². The van der Waals surface area contributed by atoms with E-state index in [0.29, 0.717) is 24.4 Å². The zero-order valence-corrected chi connectivity index (χ0v) is 17.7. The molecule has 0 radical (unpaired) electrons. The van der Waals surface area contributed by atoms with Crippen LogP contribution < -0.4 is 10.1 Å². The molecule has 1 aliphatic heterocycles. The molecule has 3 rings (SSSR count). The van der Waals surface area contributed by atoms with Crippen LogP contribution in [-0.4, -0.2) is 35.9 Å². The number of urea groups is 1. The lowest BCUT2D eigenvalue weighted by Gasteiger charge is -2.32. The summed E-state index contributed by atoms with van der Waals surface area (Å²) in [5, 5.41) is 3.01. The summed E-state index contributed by atoms with van der Waals surface area (Å²) in [6.45, 7) is 9.00. The number of amides is 2. The number of ketones is 1. The molecule has 154 valence electrons. The lowest BCUT2D eigenvalue weighted by molar-refractivity contribution is 0.0850. The molecule has 1 fully saturated rings. The van der Waals surface area contributed by atoms with Crippen molar-refractivity contribution in [3.8, 4) is 5.75 Å². The maximum atomic E-state index is 13.0. The highest BCUT2D eigenvalue weighted by Gasteiger charge is 2.29. The molecule has 1 saturated heterocycles. The van der Waals surface area contributed by atoms with Crippen LogP contribution in [0.4, 0.5) is 10.5 Å². The molecule has 0 spiro atoms. The highest BCUT2D eigenvalue weighted by Crippen LogP contribution is 2.25. The van der Waals surface area contributed by atoms with Crippen molar-refractivity contribution in [1.29, 1.82) is 0 Å². The number of likely N-dealkylation sites (tertiary alicyclic amines) is 1. The molecular weight excluding hydrogens is 364 g/mol. The maximum Gasteiger partial charge on any atom is 0.321 e.